The molecule has 0 bridgehead atoms. The Balaban J connectivity index is 1.31. The van der Waals surface area contributed by atoms with Crippen molar-refractivity contribution in [1.29, 1.82) is 0 Å². The summed E-state index contributed by atoms with van der Waals surface area (Å²) in [6.45, 7) is 6.05. The molecule has 25 heavy (non-hydrogen) atoms. The van der Waals surface area contributed by atoms with Gasteiger partial charge in [-0.2, -0.15) is 0 Å². The Kier molecular flexibility index (Phi) is 4.63. The maximum atomic E-state index is 5.20. The summed E-state index contributed by atoms with van der Waals surface area (Å²) in [5, 5.41) is 0. The molecule has 3 heterocycles. The van der Waals surface area contributed by atoms with Gasteiger partial charge < -0.3 is 9.72 Å². The molecule has 0 aliphatic carbocycles. The number of rotatable bonds is 5. The summed E-state index contributed by atoms with van der Waals surface area (Å²) in [5.74, 6) is 1.73. The number of methoxy groups -OCH3 is 1. The second-order valence-electron chi connectivity index (χ2n) is 6.46. The van der Waals surface area contributed by atoms with Crippen LogP contribution in [0.25, 0.3) is 11.0 Å². The Morgan fingerprint density at radius 3 is 2.56 bits per heavy atom. The van der Waals surface area contributed by atoms with Crippen LogP contribution in [0.15, 0.2) is 42.6 Å². The summed E-state index contributed by atoms with van der Waals surface area (Å²) in [6, 6.07) is 12.3. The Morgan fingerprint density at radius 1 is 1.04 bits per heavy atom. The van der Waals surface area contributed by atoms with E-state index in [0.717, 1.165) is 56.1 Å². The van der Waals surface area contributed by atoms with Crippen LogP contribution < -0.4 is 4.74 Å². The summed E-state index contributed by atoms with van der Waals surface area (Å²) in [6.07, 6.45) is 1.81. The fraction of sp³-hybridized carbons (Fsp3) is 0.368. The summed E-state index contributed by atoms with van der Waals surface area (Å²) in [4.78, 5) is 17.2. The van der Waals surface area contributed by atoms with Gasteiger partial charge in [0, 0.05) is 45.0 Å². The molecule has 130 valence electrons. The van der Waals surface area contributed by atoms with Crippen molar-refractivity contribution >= 4 is 11.0 Å². The first-order valence-corrected chi connectivity index (χ1v) is 8.67. The molecule has 2 aromatic heterocycles. The van der Waals surface area contributed by atoms with Gasteiger partial charge in [-0.1, -0.05) is 12.1 Å². The third kappa shape index (κ3) is 3.81. The van der Waals surface area contributed by atoms with Crippen LogP contribution in [0.1, 0.15) is 11.4 Å². The number of aromatic nitrogens is 3. The SMILES string of the molecule is COc1cc(CN2CCN(Cc3nc4ccccc4[nH]3)CC2)ccn1. The molecule has 0 radical (unpaired) electrons. The lowest BCUT2D eigenvalue weighted by atomic mass is 10.2. The van der Waals surface area contributed by atoms with Crippen LogP contribution in [-0.2, 0) is 13.1 Å². The van der Waals surface area contributed by atoms with Crippen LogP contribution in [-0.4, -0.2) is 58.0 Å². The number of aromatic amines is 1. The van der Waals surface area contributed by atoms with Gasteiger partial charge in [-0.15, -0.1) is 0 Å². The number of pyridine rings is 1. The van der Waals surface area contributed by atoms with Crippen molar-refractivity contribution < 1.29 is 4.74 Å². The van der Waals surface area contributed by atoms with E-state index < -0.39 is 0 Å². The Hall–Kier alpha value is -2.44. The normalized spacial score (nSPS) is 16.4. The fourth-order valence-corrected chi connectivity index (χ4v) is 3.32. The third-order valence-corrected chi connectivity index (χ3v) is 4.69. The average molecular weight is 337 g/mol. The lowest BCUT2D eigenvalue weighted by Crippen LogP contribution is -2.45. The zero-order valence-electron chi connectivity index (χ0n) is 14.5. The second-order valence-corrected chi connectivity index (χ2v) is 6.46. The van der Waals surface area contributed by atoms with Crippen molar-refractivity contribution in [1.82, 2.24) is 24.8 Å². The van der Waals surface area contributed by atoms with Crippen molar-refractivity contribution in [3.63, 3.8) is 0 Å². The smallest absolute Gasteiger partial charge is 0.213 e. The van der Waals surface area contributed by atoms with Crippen molar-refractivity contribution in [2.45, 2.75) is 13.1 Å². The number of imidazole rings is 1. The zero-order valence-corrected chi connectivity index (χ0v) is 14.5. The fourth-order valence-electron chi connectivity index (χ4n) is 3.32. The molecule has 0 amide bonds. The summed E-state index contributed by atoms with van der Waals surface area (Å²) in [7, 11) is 1.66. The van der Waals surface area contributed by atoms with E-state index >= 15 is 0 Å². The minimum absolute atomic E-state index is 0.682. The predicted molar refractivity (Wildman–Crippen MR) is 97.4 cm³/mol. The molecule has 6 heteroatoms. The first kappa shape index (κ1) is 16.1. The summed E-state index contributed by atoms with van der Waals surface area (Å²) in [5.41, 5.74) is 3.41. The van der Waals surface area contributed by atoms with Crippen LogP contribution in [0, 0.1) is 0 Å². The highest BCUT2D eigenvalue weighted by atomic mass is 16.5. The van der Waals surface area contributed by atoms with Crippen LogP contribution in [0.2, 0.25) is 0 Å². The number of fused-ring (bicyclic) bond motifs is 1. The third-order valence-electron chi connectivity index (χ3n) is 4.69. The van der Waals surface area contributed by atoms with Gasteiger partial charge in [0.25, 0.3) is 0 Å². The van der Waals surface area contributed by atoms with Gasteiger partial charge in [-0.3, -0.25) is 9.80 Å². The number of para-hydroxylation sites is 2. The van der Waals surface area contributed by atoms with E-state index in [0.29, 0.717) is 5.88 Å². The van der Waals surface area contributed by atoms with Gasteiger partial charge >= 0.3 is 0 Å². The number of H-pyrrole nitrogens is 1. The number of nitrogens with one attached hydrogen (secondary N) is 1. The zero-order chi connectivity index (χ0) is 17.1. The molecule has 1 N–H and O–H groups in total. The maximum absolute atomic E-state index is 5.20. The van der Waals surface area contributed by atoms with Gasteiger partial charge in [0.15, 0.2) is 0 Å². The van der Waals surface area contributed by atoms with Crippen molar-refractivity contribution in [2.24, 2.45) is 0 Å². The minimum Gasteiger partial charge on any atom is -0.481 e. The molecule has 1 aromatic carbocycles. The average Bonchev–Trinajstić information content (AvgIpc) is 3.06. The number of piperazine rings is 1. The molecular weight excluding hydrogens is 314 g/mol. The highest BCUT2D eigenvalue weighted by Crippen LogP contribution is 2.15. The number of ether oxygens (including phenoxy) is 1. The topological polar surface area (TPSA) is 57.3 Å². The van der Waals surface area contributed by atoms with E-state index in [9.17, 15) is 0 Å². The summed E-state index contributed by atoms with van der Waals surface area (Å²) >= 11 is 0. The standard InChI is InChI=1S/C19H23N5O/c1-25-19-12-15(6-7-20-19)13-23-8-10-24(11-9-23)14-18-21-16-4-2-3-5-17(16)22-18/h2-7,12H,8-11,13-14H2,1H3,(H,21,22). The monoisotopic (exact) mass is 337 g/mol. The molecule has 3 aromatic rings. The molecule has 4 rings (SSSR count). The molecule has 1 fully saturated rings. The first-order chi connectivity index (χ1) is 12.3. The molecule has 0 saturated carbocycles. The quantitative estimate of drug-likeness (QED) is 0.774. The van der Waals surface area contributed by atoms with Crippen molar-refractivity contribution in [3.8, 4) is 5.88 Å². The van der Waals surface area contributed by atoms with Gasteiger partial charge in [-0.25, -0.2) is 9.97 Å². The van der Waals surface area contributed by atoms with Gasteiger partial charge in [0.1, 0.15) is 5.82 Å². The van der Waals surface area contributed by atoms with Crippen molar-refractivity contribution in [2.75, 3.05) is 33.3 Å². The molecule has 1 saturated heterocycles. The molecule has 1 aliphatic heterocycles. The lowest BCUT2D eigenvalue weighted by molar-refractivity contribution is 0.120. The van der Waals surface area contributed by atoms with Gasteiger partial charge in [-0.05, 0) is 23.8 Å². The minimum atomic E-state index is 0.682. The van der Waals surface area contributed by atoms with Crippen LogP contribution in [0.5, 0.6) is 5.88 Å². The van der Waals surface area contributed by atoms with Gasteiger partial charge in [0.05, 0.1) is 24.7 Å². The van der Waals surface area contributed by atoms with Gasteiger partial charge in [0.2, 0.25) is 5.88 Å². The lowest BCUT2D eigenvalue weighted by Gasteiger charge is -2.34. The molecule has 6 nitrogen and oxygen atoms in total. The van der Waals surface area contributed by atoms with E-state index in [1.54, 1.807) is 7.11 Å². The van der Waals surface area contributed by atoms with E-state index in [1.165, 1.54) is 5.56 Å². The molecule has 1 aliphatic rings. The van der Waals surface area contributed by atoms with E-state index in [2.05, 4.69) is 43.0 Å². The summed E-state index contributed by atoms with van der Waals surface area (Å²) < 4.78 is 5.20. The van der Waals surface area contributed by atoms with E-state index in [4.69, 9.17) is 4.74 Å². The number of hydrogen-bond acceptors (Lipinski definition) is 5. The number of hydrogen-bond donors (Lipinski definition) is 1. The largest absolute Gasteiger partial charge is 0.481 e. The van der Waals surface area contributed by atoms with E-state index in [-0.39, 0.29) is 0 Å². The van der Waals surface area contributed by atoms with Crippen LogP contribution >= 0.6 is 0 Å². The Labute approximate surface area is 147 Å². The molecule has 0 spiro atoms. The van der Waals surface area contributed by atoms with Crippen LogP contribution in [0.3, 0.4) is 0 Å². The number of nitrogens with zero attached hydrogens (tertiary/aromatic N) is 4. The molecular formula is C19H23N5O. The Bertz CT molecular complexity index is 805. The van der Waals surface area contributed by atoms with E-state index in [1.807, 2.05) is 24.4 Å². The molecule has 0 atom stereocenters. The molecule has 0 unspecified atom stereocenters. The predicted octanol–water partition coefficient (Wildman–Crippen LogP) is 2.28. The number of benzene rings is 1. The second kappa shape index (κ2) is 7.21. The highest BCUT2D eigenvalue weighted by molar-refractivity contribution is 5.74. The maximum Gasteiger partial charge on any atom is 0.213 e. The Morgan fingerprint density at radius 2 is 1.80 bits per heavy atom. The van der Waals surface area contributed by atoms with Crippen LogP contribution in [0.4, 0.5) is 0 Å². The van der Waals surface area contributed by atoms with Crippen molar-refractivity contribution in [3.05, 3.63) is 54.0 Å². The highest BCUT2D eigenvalue weighted by Gasteiger charge is 2.18. The first-order valence-electron chi connectivity index (χ1n) is 8.67.